The van der Waals surface area contributed by atoms with Gasteiger partial charge in [0.1, 0.15) is 5.82 Å². The summed E-state index contributed by atoms with van der Waals surface area (Å²) in [6.07, 6.45) is 5.56. The average molecular weight is 384 g/mol. The number of benzene rings is 1. The van der Waals surface area contributed by atoms with Gasteiger partial charge in [0.15, 0.2) is 0 Å². The lowest BCUT2D eigenvalue weighted by Gasteiger charge is -2.18. The number of aromatic nitrogens is 1. The molecule has 0 aliphatic carbocycles. The van der Waals surface area contributed by atoms with Crippen molar-refractivity contribution >= 4 is 18.0 Å². The molecule has 1 fully saturated rings. The van der Waals surface area contributed by atoms with E-state index in [9.17, 15) is 14.0 Å². The molecule has 1 N–H and O–H groups in total. The Balaban J connectivity index is 1.67. The normalized spacial score (nSPS) is 14.9. The molecule has 0 bridgehead atoms. The second kappa shape index (κ2) is 8.82. The monoisotopic (exact) mass is 384 g/mol. The molecule has 2 heterocycles. The van der Waals surface area contributed by atoms with E-state index in [1.165, 1.54) is 18.3 Å². The highest BCUT2D eigenvalue weighted by molar-refractivity contribution is 6.35. The summed E-state index contributed by atoms with van der Waals surface area (Å²) in [5.74, 6) is -1.54. The van der Waals surface area contributed by atoms with Crippen molar-refractivity contribution in [2.24, 2.45) is 5.10 Å². The van der Waals surface area contributed by atoms with Crippen molar-refractivity contribution in [2.45, 2.75) is 39.5 Å². The molecule has 0 unspecified atom stereocenters. The standard InChI is InChI=1S/C21H25FN4O2/c1-15-13-17(16(2)26(15)19-9-7-18(22)8-10-19)14-23-24-20(27)21(28)25-11-5-3-4-6-12-25/h7-10,13-14H,3-6,11-12H2,1-2H3,(H,24,27)/b23-14-. The maximum atomic E-state index is 13.2. The van der Waals surface area contributed by atoms with Gasteiger partial charge in [0, 0.05) is 35.7 Å². The van der Waals surface area contributed by atoms with Crippen molar-refractivity contribution in [3.8, 4) is 5.69 Å². The largest absolute Gasteiger partial charge is 0.334 e. The molecule has 0 spiro atoms. The zero-order valence-corrected chi connectivity index (χ0v) is 16.2. The number of nitrogens with zero attached hydrogens (tertiary/aromatic N) is 3. The topological polar surface area (TPSA) is 66.7 Å². The van der Waals surface area contributed by atoms with Crippen molar-refractivity contribution in [3.05, 3.63) is 53.1 Å². The van der Waals surface area contributed by atoms with Gasteiger partial charge < -0.3 is 9.47 Å². The molecule has 0 radical (unpaired) electrons. The van der Waals surface area contributed by atoms with Crippen molar-refractivity contribution in [1.29, 1.82) is 0 Å². The van der Waals surface area contributed by atoms with E-state index in [-0.39, 0.29) is 5.82 Å². The number of rotatable bonds is 3. The SMILES string of the molecule is Cc1cc(/C=N\NC(=O)C(=O)N2CCCCCC2)c(C)n1-c1ccc(F)cc1. The fraction of sp³-hybridized carbons (Fsp3) is 0.381. The van der Waals surface area contributed by atoms with Crippen LogP contribution in [0.4, 0.5) is 4.39 Å². The number of carbonyl (C=O) groups is 2. The lowest BCUT2D eigenvalue weighted by molar-refractivity contribution is -0.145. The summed E-state index contributed by atoms with van der Waals surface area (Å²) < 4.78 is 15.1. The summed E-state index contributed by atoms with van der Waals surface area (Å²) in [4.78, 5) is 25.9. The molecule has 1 aromatic heterocycles. The third kappa shape index (κ3) is 4.47. The van der Waals surface area contributed by atoms with Crippen molar-refractivity contribution < 1.29 is 14.0 Å². The van der Waals surface area contributed by atoms with Crippen LogP contribution in [0.5, 0.6) is 0 Å². The number of aryl methyl sites for hydroxylation is 1. The smallest absolute Gasteiger partial charge is 0.329 e. The van der Waals surface area contributed by atoms with E-state index in [4.69, 9.17) is 0 Å². The quantitative estimate of drug-likeness (QED) is 0.502. The number of likely N-dealkylation sites (tertiary alicyclic amines) is 1. The molecular formula is C21H25FN4O2. The van der Waals surface area contributed by atoms with Crippen LogP contribution in [-0.4, -0.2) is 40.6 Å². The average Bonchev–Trinajstić information content (AvgIpc) is 2.86. The Labute approximate surface area is 164 Å². The Morgan fingerprint density at radius 3 is 2.36 bits per heavy atom. The van der Waals surface area contributed by atoms with Gasteiger partial charge in [0.2, 0.25) is 0 Å². The first-order chi connectivity index (χ1) is 13.5. The Kier molecular flexibility index (Phi) is 6.23. The molecule has 28 heavy (non-hydrogen) atoms. The first-order valence-corrected chi connectivity index (χ1v) is 9.54. The Morgan fingerprint density at radius 2 is 1.71 bits per heavy atom. The predicted octanol–water partition coefficient (Wildman–Crippen LogP) is 3.09. The number of nitrogens with one attached hydrogen (secondary N) is 1. The first kappa shape index (κ1) is 19.8. The predicted molar refractivity (Wildman–Crippen MR) is 106 cm³/mol. The number of hydrazone groups is 1. The number of hydrogen-bond acceptors (Lipinski definition) is 3. The van der Waals surface area contributed by atoms with Gasteiger partial charge in [-0.2, -0.15) is 5.10 Å². The summed E-state index contributed by atoms with van der Waals surface area (Å²) >= 11 is 0. The molecule has 1 aromatic carbocycles. The van der Waals surface area contributed by atoms with Crippen LogP contribution in [0.25, 0.3) is 5.69 Å². The van der Waals surface area contributed by atoms with Gasteiger partial charge in [0.25, 0.3) is 0 Å². The third-order valence-corrected chi connectivity index (χ3v) is 5.01. The summed E-state index contributed by atoms with van der Waals surface area (Å²) in [6, 6.07) is 8.16. The molecule has 6 nitrogen and oxygen atoms in total. The molecule has 2 amide bonds. The fourth-order valence-corrected chi connectivity index (χ4v) is 3.53. The van der Waals surface area contributed by atoms with Crippen LogP contribution < -0.4 is 5.43 Å². The van der Waals surface area contributed by atoms with Crippen molar-refractivity contribution in [1.82, 2.24) is 14.9 Å². The van der Waals surface area contributed by atoms with Crippen LogP contribution in [-0.2, 0) is 9.59 Å². The third-order valence-electron chi connectivity index (χ3n) is 5.01. The van der Waals surface area contributed by atoms with E-state index in [1.807, 2.05) is 24.5 Å². The first-order valence-electron chi connectivity index (χ1n) is 9.54. The molecule has 0 saturated carbocycles. The summed E-state index contributed by atoms with van der Waals surface area (Å²) in [5.41, 5.74) is 5.85. The van der Waals surface area contributed by atoms with Gasteiger partial charge in [0.05, 0.1) is 6.21 Å². The van der Waals surface area contributed by atoms with E-state index in [1.54, 1.807) is 17.0 Å². The van der Waals surface area contributed by atoms with Crippen LogP contribution in [0.2, 0.25) is 0 Å². The van der Waals surface area contributed by atoms with Gasteiger partial charge >= 0.3 is 11.8 Å². The molecular weight excluding hydrogens is 359 g/mol. The number of amides is 2. The molecule has 1 aliphatic heterocycles. The highest BCUT2D eigenvalue weighted by Gasteiger charge is 2.22. The summed E-state index contributed by atoms with van der Waals surface area (Å²) in [7, 11) is 0. The highest BCUT2D eigenvalue weighted by atomic mass is 19.1. The molecule has 1 saturated heterocycles. The van der Waals surface area contributed by atoms with E-state index in [0.29, 0.717) is 13.1 Å². The molecule has 2 aromatic rings. The Bertz CT molecular complexity index is 879. The van der Waals surface area contributed by atoms with Crippen LogP contribution in [0.15, 0.2) is 35.4 Å². The molecule has 0 atom stereocenters. The summed E-state index contributed by atoms with van der Waals surface area (Å²) in [6.45, 7) is 5.10. The molecule has 148 valence electrons. The molecule has 3 rings (SSSR count). The minimum atomic E-state index is -0.717. The highest BCUT2D eigenvalue weighted by Crippen LogP contribution is 2.20. The minimum Gasteiger partial charge on any atom is -0.334 e. The summed E-state index contributed by atoms with van der Waals surface area (Å²) in [5, 5.41) is 3.96. The van der Waals surface area contributed by atoms with Gasteiger partial charge in [-0.15, -0.1) is 0 Å². The Hall–Kier alpha value is -2.96. The number of hydrogen-bond donors (Lipinski definition) is 1. The zero-order chi connectivity index (χ0) is 20.1. The molecule has 7 heteroatoms. The van der Waals surface area contributed by atoms with Crippen LogP contribution in [0, 0.1) is 19.7 Å². The van der Waals surface area contributed by atoms with Gasteiger partial charge in [-0.3, -0.25) is 9.59 Å². The van der Waals surface area contributed by atoms with E-state index in [0.717, 1.165) is 48.3 Å². The molecule has 1 aliphatic rings. The van der Waals surface area contributed by atoms with Crippen LogP contribution in [0.1, 0.15) is 42.6 Å². The fourth-order valence-electron chi connectivity index (χ4n) is 3.53. The second-order valence-corrected chi connectivity index (χ2v) is 7.04. The maximum absolute atomic E-state index is 13.2. The van der Waals surface area contributed by atoms with Crippen LogP contribution >= 0.6 is 0 Å². The van der Waals surface area contributed by atoms with Gasteiger partial charge in [-0.05, 0) is 57.0 Å². The van der Waals surface area contributed by atoms with Crippen LogP contribution in [0.3, 0.4) is 0 Å². The number of carbonyl (C=O) groups excluding carboxylic acids is 2. The van der Waals surface area contributed by atoms with E-state index in [2.05, 4.69) is 10.5 Å². The lowest BCUT2D eigenvalue weighted by Crippen LogP contribution is -2.41. The second-order valence-electron chi connectivity index (χ2n) is 7.04. The van der Waals surface area contributed by atoms with Gasteiger partial charge in [-0.25, -0.2) is 9.82 Å². The van der Waals surface area contributed by atoms with Crippen molar-refractivity contribution in [2.75, 3.05) is 13.1 Å². The van der Waals surface area contributed by atoms with E-state index < -0.39 is 11.8 Å². The minimum absolute atomic E-state index is 0.287. The zero-order valence-electron chi connectivity index (χ0n) is 16.2. The number of halogens is 1. The Morgan fingerprint density at radius 1 is 1.07 bits per heavy atom. The van der Waals surface area contributed by atoms with Crippen molar-refractivity contribution in [3.63, 3.8) is 0 Å². The maximum Gasteiger partial charge on any atom is 0.329 e. The lowest BCUT2D eigenvalue weighted by atomic mass is 10.2. The van der Waals surface area contributed by atoms with Gasteiger partial charge in [-0.1, -0.05) is 12.8 Å². The van der Waals surface area contributed by atoms with E-state index >= 15 is 0 Å².